The molecule has 0 spiro atoms. The van der Waals surface area contributed by atoms with Crippen LogP contribution in [0.2, 0.25) is 0 Å². The average molecular weight is 1730 g/mol. The SMILES string of the molecule is CC([NH3+])COCCOCC(C)OCC(C)[NH3+].CC([NH3+])COCCOCC(C)OCC(C)[NH3+].CCC(COCC(C)[NH3+])(COCC(C)[NH3+])COCC(C)[NH3+].CCC(COCC(C)[NH3+])(COCC(C)[NH3+])COCC(C)[NH3+].CS(=O)(=O)NS(C)(=O)=O.CS(=O)(=O)NS(C)(=O)=O.O=S(=O)([O-])C(F)(F)F.O=S(=O)([O-])C(F)(F)F. The molecule has 12 unspecified atom stereocenters. The van der Waals surface area contributed by atoms with Crippen molar-refractivity contribution < 1.29 is 200 Å². The van der Waals surface area contributed by atoms with Crippen molar-refractivity contribution in [3.63, 3.8) is 0 Å². The minimum atomic E-state index is -6.09. The zero-order valence-electron chi connectivity index (χ0n) is 67.3. The summed E-state index contributed by atoms with van der Waals surface area (Å²) in [6.07, 6.45) is 5.24. The third kappa shape index (κ3) is 102. The van der Waals surface area contributed by atoms with E-state index in [1.54, 1.807) is 0 Å². The molecule has 0 aromatic heterocycles. The highest BCUT2D eigenvalue weighted by atomic mass is 32.3. The Bertz CT molecular complexity index is 2510. The maximum atomic E-state index is 10.7. The lowest BCUT2D eigenvalue weighted by Gasteiger charge is -2.32. The molecule has 38 nitrogen and oxygen atoms in total. The van der Waals surface area contributed by atoms with E-state index >= 15 is 0 Å². The van der Waals surface area contributed by atoms with Crippen molar-refractivity contribution in [2.45, 2.75) is 193 Å². The second-order valence-corrected chi connectivity index (χ2v) is 37.7. The van der Waals surface area contributed by atoms with Gasteiger partial charge in [-0.25, -0.2) is 50.5 Å². The third-order valence-corrected chi connectivity index (χ3v) is 17.1. The van der Waals surface area contributed by atoms with Gasteiger partial charge in [0, 0.05) is 10.8 Å². The van der Waals surface area contributed by atoms with Crippen LogP contribution in [0.15, 0.2) is 0 Å². The minimum Gasteiger partial charge on any atom is -0.741 e. The van der Waals surface area contributed by atoms with Crippen LogP contribution in [0.4, 0.5) is 26.3 Å². The van der Waals surface area contributed by atoms with Crippen LogP contribution < -0.4 is 65.6 Å². The molecule has 108 heavy (non-hydrogen) atoms. The van der Waals surface area contributed by atoms with Crippen LogP contribution in [-0.4, -0.2) is 314 Å². The molecule has 0 heterocycles. The Morgan fingerprint density at radius 2 is 0.426 bits per heavy atom. The first-order chi connectivity index (χ1) is 48.6. The number of alkyl halides is 6. The number of quaternary nitrogens is 10. The summed E-state index contributed by atoms with van der Waals surface area (Å²) in [5.41, 5.74) is 27.6. The fraction of sp³-hybridized carbons (Fsp3) is 1.00. The Hall–Kier alpha value is -1.76. The molecule has 0 fully saturated rings. The maximum absolute atomic E-state index is 10.7. The first-order valence-corrected chi connectivity index (χ1v) is 44.7. The van der Waals surface area contributed by atoms with Gasteiger partial charge in [-0.05, 0) is 95.9 Å². The highest BCUT2D eigenvalue weighted by Crippen LogP contribution is 2.26. The minimum absolute atomic E-state index is 0.0985. The van der Waals surface area contributed by atoms with Gasteiger partial charge >= 0.3 is 11.0 Å². The standard InChI is InChI=1S/2C15H35N3O3.2C11H26N2O3.2C2H7NO4S2.2CHF3O3S/c2*1-5-15(9-19-6-12(2)16,10-20-7-13(3)17)11-21-8-14(4)18;2*1-9(12)6-14-4-5-15-8-11(3)16-7-10(2)13;2*1-8(4,5)3-9(2,6)7;2*2-1(3,4)8(5,6)7/h2*12-14H,5-11,16-18H2,1-4H3;2*9-11H,4-8,12-13H2,1-3H3;2*3H,1-2H3;2*(H,5,6,7)/p+8. The summed E-state index contributed by atoms with van der Waals surface area (Å²) in [7, 11) is -26.7. The summed E-state index contributed by atoms with van der Waals surface area (Å²) in [5.74, 6) is 0. The zero-order chi connectivity index (χ0) is 86.8. The monoisotopic (exact) mass is 1730 g/mol. The van der Waals surface area contributed by atoms with Gasteiger partial charge in [-0.3, -0.25) is 0 Å². The Balaban J connectivity index is -0.000000181. The zero-order valence-corrected chi connectivity index (χ0v) is 72.2. The molecule has 0 aliphatic heterocycles. The molecule has 0 aromatic carbocycles. The van der Waals surface area contributed by atoms with Gasteiger partial charge in [0.1, 0.15) is 60.4 Å². The predicted molar refractivity (Wildman–Crippen MR) is 385 cm³/mol. The van der Waals surface area contributed by atoms with Crippen LogP contribution in [0.5, 0.6) is 0 Å². The van der Waals surface area contributed by atoms with Gasteiger partial charge in [-0.1, -0.05) is 13.8 Å². The van der Waals surface area contributed by atoms with Crippen molar-refractivity contribution in [1.29, 1.82) is 0 Å². The van der Waals surface area contributed by atoms with E-state index in [1.807, 2.05) is 41.5 Å². The summed E-state index contributed by atoms with van der Waals surface area (Å²) in [5, 5.41) is 0. The Morgan fingerprint density at radius 1 is 0.287 bits per heavy atom. The summed E-state index contributed by atoms with van der Waals surface area (Å²) in [6.45, 7) is 43.0. The van der Waals surface area contributed by atoms with E-state index in [4.69, 9.17) is 82.8 Å². The molecule has 0 bridgehead atoms. The van der Waals surface area contributed by atoms with Crippen LogP contribution in [-0.2, 0) is 117 Å². The predicted octanol–water partition coefficient (Wildman–Crippen LogP) is -8.89. The Morgan fingerprint density at radius 3 is 0.537 bits per heavy atom. The van der Waals surface area contributed by atoms with E-state index in [0.29, 0.717) is 206 Å². The first-order valence-electron chi connectivity index (χ1n) is 34.3. The van der Waals surface area contributed by atoms with Crippen LogP contribution in [0.3, 0.4) is 0 Å². The van der Waals surface area contributed by atoms with Gasteiger partial charge in [-0.15, -0.1) is 8.25 Å². The number of sulfonamides is 4. The van der Waals surface area contributed by atoms with Gasteiger partial charge in [0.05, 0.1) is 183 Å². The maximum Gasteiger partial charge on any atom is 0.485 e. The van der Waals surface area contributed by atoms with Gasteiger partial charge in [0.15, 0.2) is 20.2 Å². The van der Waals surface area contributed by atoms with E-state index in [2.05, 4.69) is 113 Å². The van der Waals surface area contributed by atoms with Crippen molar-refractivity contribution in [2.24, 2.45) is 10.8 Å². The summed E-state index contributed by atoms with van der Waals surface area (Å²) in [6, 6.07) is 3.07. The summed E-state index contributed by atoms with van der Waals surface area (Å²) in [4.78, 5) is 0. The molecule has 32 N–H and O–H groups in total. The second kappa shape index (κ2) is 65.4. The molecule has 0 rings (SSSR count). The van der Waals surface area contributed by atoms with Gasteiger partial charge in [0.2, 0.25) is 40.1 Å². The lowest BCUT2D eigenvalue weighted by atomic mass is 9.88. The third-order valence-electron chi connectivity index (χ3n) is 11.1. The number of rotatable bonds is 50. The molecular weight excluding hydrogens is 1590 g/mol. The number of nitrogens with one attached hydrogen (secondary N) is 2. The van der Waals surface area contributed by atoms with Crippen LogP contribution >= 0.6 is 0 Å². The van der Waals surface area contributed by atoms with Crippen LogP contribution in [0.1, 0.15) is 110 Å². The quantitative estimate of drug-likeness (QED) is 0.0116. The van der Waals surface area contributed by atoms with Gasteiger partial charge < -0.3 is 123 Å². The lowest BCUT2D eigenvalue weighted by molar-refractivity contribution is -0.425. The van der Waals surface area contributed by atoms with E-state index in [-0.39, 0.29) is 23.0 Å². The normalized spacial score (nSPS) is 16.8. The molecule has 0 saturated heterocycles. The van der Waals surface area contributed by atoms with Crippen molar-refractivity contribution in [1.82, 2.24) is 8.25 Å². The molecule has 12 atom stereocenters. The van der Waals surface area contributed by atoms with Crippen LogP contribution in [0.25, 0.3) is 0 Å². The fourth-order valence-electron chi connectivity index (χ4n) is 6.33. The molecule has 0 aromatic rings. The van der Waals surface area contributed by atoms with E-state index < -0.39 is 71.3 Å². The van der Waals surface area contributed by atoms with E-state index in [1.165, 1.54) is 8.25 Å². The van der Waals surface area contributed by atoms with Crippen molar-refractivity contribution >= 4 is 60.3 Å². The fourth-order valence-corrected chi connectivity index (χ4v) is 10.7. The number of ether oxygens (including phenoxy) is 12. The smallest absolute Gasteiger partial charge is 0.485 e. The van der Waals surface area contributed by atoms with E-state index in [9.17, 15) is 60.0 Å². The summed E-state index contributed by atoms with van der Waals surface area (Å²) >= 11 is 0. The summed E-state index contributed by atoms with van der Waals surface area (Å²) < 4.78 is 269. The number of hydrogen-bond donors (Lipinski definition) is 12. The van der Waals surface area contributed by atoms with E-state index in [0.717, 1.165) is 37.9 Å². The Labute approximate surface area is 640 Å². The highest BCUT2D eigenvalue weighted by Gasteiger charge is 2.38. The molecule has 0 saturated carbocycles. The van der Waals surface area contributed by atoms with Gasteiger partial charge in [-0.2, -0.15) is 26.3 Å². The van der Waals surface area contributed by atoms with Crippen molar-refractivity contribution in [3.05, 3.63) is 0 Å². The second-order valence-electron chi connectivity index (χ2n) is 27.5. The molecule has 0 amide bonds. The van der Waals surface area contributed by atoms with Crippen molar-refractivity contribution in [3.8, 4) is 0 Å². The first kappa shape index (κ1) is 122. The highest BCUT2D eigenvalue weighted by molar-refractivity contribution is 8.04. The molecule has 50 heteroatoms. The van der Waals surface area contributed by atoms with Crippen LogP contribution in [0, 0.1) is 10.8 Å². The molecule has 664 valence electrons. The molecular formula is C58H146F6N12O26S6+8. The number of hydrogen-bond acceptors (Lipinski definition) is 26. The van der Waals surface area contributed by atoms with Crippen molar-refractivity contribution in [2.75, 3.05) is 170 Å². The molecule has 0 aliphatic carbocycles. The molecule has 0 radical (unpaired) electrons. The largest absolute Gasteiger partial charge is 0.741 e. The average Bonchev–Trinajstić information content (AvgIpc) is 0.553. The number of halogens is 6. The Kier molecular flexibility index (Phi) is 73.8. The topological polar surface area (TPSA) is 662 Å². The lowest BCUT2D eigenvalue weighted by Crippen LogP contribution is -2.62. The van der Waals surface area contributed by atoms with Gasteiger partial charge in [0.25, 0.3) is 0 Å². The molecule has 0 aliphatic rings.